The van der Waals surface area contributed by atoms with Crippen molar-refractivity contribution in [1.29, 1.82) is 0 Å². The zero-order valence-corrected chi connectivity index (χ0v) is 24.5. The van der Waals surface area contributed by atoms with Crippen molar-refractivity contribution in [2.24, 2.45) is 5.92 Å². The Labute approximate surface area is 260 Å². The van der Waals surface area contributed by atoms with E-state index in [-0.39, 0.29) is 36.1 Å². The number of nitrogens with one attached hydrogen (secondary N) is 2. The fourth-order valence-electron chi connectivity index (χ4n) is 5.23. The molecule has 13 heteroatoms. The van der Waals surface area contributed by atoms with Gasteiger partial charge >= 0.3 is 12.4 Å². The fourth-order valence-corrected chi connectivity index (χ4v) is 5.23. The second-order valence-corrected chi connectivity index (χ2v) is 10.8. The van der Waals surface area contributed by atoms with Gasteiger partial charge in [0.2, 0.25) is 5.91 Å². The monoisotopic (exact) mass is 641 g/mol. The molecule has 0 saturated heterocycles. The van der Waals surface area contributed by atoms with Crippen molar-refractivity contribution in [3.05, 3.63) is 119 Å². The molecule has 2 aliphatic carbocycles. The topological polar surface area (TPSA) is 88.9 Å². The zero-order valence-electron chi connectivity index (χ0n) is 24.5. The van der Waals surface area contributed by atoms with E-state index in [0.29, 0.717) is 36.0 Å². The molecule has 2 atom stereocenters. The molecule has 0 radical (unpaired) electrons. The molecule has 46 heavy (non-hydrogen) atoms. The third kappa shape index (κ3) is 7.64. The highest BCUT2D eigenvalue weighted by molar-refractivity contribution is 6.04. The van der Waals surface area contributed by atoms with Crippen molar-refractivity contribution in [3.63, 3.8) is 0 Å². The third-order valence-corrected chi connectivity index (χ3v) is 7.72. The van der Waals surface area contributed by atoms with E-state index in [1.165, 1.54) is 12.1 Å². The Kier molecular flexibility index (Phi) is 9.31. The zero-order chi connectivity index (χ0) is 33.1. The molecule has 2 aromatic heterocycles. The van der Waals surface area contributed by atoms with Gasteiger partial charge in [0.25, 0.3) is 5.91 Å². The second kappa shape index (κ2) is 13.2. The van der Waals surface area contributed by atoms with Crippen molar-refractivity contribution < 1.29 is 35.9 Å². The van der Waals surface area contributed by atoms with Crippen LogP contribution < -0.4 is 10.6 Å². The number of carbonyl (C=O) groups is 2. The molecule has 3 aromatic rings. The number of hydrogen-bond donors (Lipinski definition) is 2. The molecule has 5 rings (SSSR count). The van der Waals surface area contributed by atoms with Gasteiger partial charge in [-0.25, -0.2) is 4.68 Å². The van der Waals surface area contributed by atoms with Crippen LogP contribution in [0.5, 0.6) is 0 Å². The van der Waals surface area contributed by atoms with Gasteiger partial charge in [-0.2, -0.15) is 31.4 Å². The number of rotatable bonds is 8. The average molecular weight is 642 g/mol. The lowest BCUT2D eigenvalue weighted by atomic mass is 9.84. The first-order valence-electron chi connectivity index (χ1n) is 14.4. The number of aromatic nitrogens is 3. The molecule has 2 heterocycles. The van der Waals surface area contributed by atoms with Crippen LogP contribution in [0, 0.1) is 5.92 Å². The Balaban J connectivity index is 1.33. The molecule has 2 unspecified atom stereocenters. The fraction of sp³-hybridized carbons (Fsp3) is 0.273. The summed E-state index contributed by atoms with van der Waals surface area (Å²) in [5.74, 6) is -1.15. The summed E-state index contributed by atoms with van der Waals surface area (Å²) in [6.45, 7) is 0. The predicted molar refractivity (Wildman–Crippen MR) is 159 cm³/mol. The van der Waals surface area contributed by atoms with Crippen LogP contribution in [0.25, 0.3) is 5.69 Å². The van der Waals surface area contributed by atoms with Crippen LogP contribution in [0.1, 0.15) is 52.6 Å². The van der Waals surface area contributed by atoms with Gasteiger partial charge in [-0.15, -0.1) is 0 Å². The van der Waals surface area contributed by atoms with Crippen LogP contribution in [0.2, 0.25) is 0 Å². The number of halogens is 6. The van der Waals surface area contributed by atoms with E-state index in [4.69, 9.17) is 5.10 Å². The molecule has 0 fully saturated rings. The van der Waals surface area contributed by atoms with Crippen molar-refractivity contribution in [3.8, 4) is 5.69 Å². The Hall–Kier alpha value is -4.94. The lowest BCUT2D eigenvalue weighted by Gasteiger charge is -2.23. The number of hydrogen-bond acceptors (Lipinski definition) is 4. The van der Waals surface area contributed by atoms with Gasteiger partial charge < -0.3 is 10.6 Å². The Morgan fingerprint density at radius 3 is 2.24 bits per heavy atom. The molecule has 2 N–H and O–H groups in total. The summed E-state index contributed by atoms with van der Waals surface area (Å²) >= 11 is 0. The minimum absolute atomic E-state index is 0.118. The number of anilines is 1. The Bertz CT molecular complexity index is 1730. The number of amides is 2. The smallest absolute Gasteiger partial charge is 0.359 e. The molecular weight excluding hydrogens is 612 g/mol. The van der Waals surface area contributed by atoms with Crippen LogP contribution in [0.4, 0.5) is 32.0 Å². The highest BCUT2D eigenvalue weighted by Gasteiger charge is 2.34. The van der Waals surface area contributed by atoms with Crippen molar-refractivity contribution in [1.82, 2.24) is 20.1 Å². The van der Waals surface area contributed by atoms with E-state index in [0.717, 1.165) is 23.5 Å². The SMILES string of the molecule is CNC(=O)CCc1cc(C2C=CC(C3C=CC(C(F)(F)F)=CC3)=CC2)n(-c2ccc(NC(=O)c3ccnc(C(F)(F)F)c3)cc2)n1. The number of nitrogens with zero attached hydrogens (tertiary/aromatic N) is 3. The minimum Gasteiger partial charge on any atom is -0.359 e. The standard InChI is InChI=1S/C33H29F6N5O2/c1-40-30(45)15-12-26-19-28(22-4-2-20(3-5-22)21-6-8-24(9-7-21)32(34,35)36)44(43-26)27-13-10-25(11-14-27)42-31(46)23-16-17-41-29(18-23)33(37,38)39/h2-4,6,8-11,13-14,16-19,21-22H,5,7,12,15H2,1H3,(H,40,45)(H,42,46). The number of allylic oxidation sites excluding steroid dienone is 8. The Morgan fingerprint density at radius 1 is 0.913 bits per heavy atom. The number of aryl methyl sites for hydroxylation is 1. The summed E-state index contributed by atoms with van der Waals surface area (Å²) in [6.07, 6.45) is 3.12. The largest absolute Gasteiger partial charge is 0.433 e. The lowest BCUT2D eigenvalue weighted by Crippen LogP contribution is -2.18. The minimum atomic E-state index is -4.69. The molecule has 0 spiro atoms. The molecule has 1 aromatic carbocycles. The summed E-state index contributed by atoms with van der Waals surface area (Å²) in [4.78, 5) is 27.8. The Morgan fingerprint density at radius 2 is 1.63 bits per heavy atom. The first kappa shape index (κ1) is 32.5. The number of benzene rings is 1. The van der Waals surface area contributed by atoms with Gasteiger partial charge in [-0.3, -0.25) is 14.6 Å². The van der Waals surface area contributed by atoms with Gasteiger partial charge in [0.1, 0.15) is 5.69 Å². The molecule has 240 valence electrons. The van der Waals surface area contributed by atoms with E-state index in [1.54, 1.807) is 42.1 Å². The molecule has 2 amide bonds. The highest BCUT2D eigenvalue weighted by atomic mass is 19.4. The lowest BCUT2D eigenvalue weighted by molar-refractivity contribution is -0.141. The quantitative estimate of drug-likeness (QED) is 0.254. The summed E-state index contributed by atoms with van der Waals surface area (Å²) < 4.78 is 79.8. The number of alkyl halides is 6. The summed E-state index contributed by atoms with van der Waals surface area (Å²) in [5, 5.41) is 9.90. The van der Waals surface area contributed by atoms with Gasteiger partial charge in [-0.1, -0.05) is 36.5 Å². The van der Waals surface area contributed by atoms with Crippen molar-refractivity contribution >= 4 is 17.5 Å². The van der Waals surface area contributed by atoms with Crippen LogP contribution in [0.3, 0.4) is 0 Å². The maximum atomic E-state index is 13.0. The van der Waals surface area contributed by atoms with E-state index in [2.05, 4.69) is 15.6 Å². The summed E-state index contributed by atoms with van der Waals surface area (Å²) in [5.41, 5.74) is 1.41. The first-order chi connectivity index (χ1) is 21.8. The van der Waals surface area contributed by atoms with Gasteiger partial charge in [0.15, 0.2) is 0 Å². The van der Waals surface area contributed by atoms with E-state index in [1.807, 2.05) is 24.3 Å². The van der Waals surface area contributed by atoms with Gasteiger partial charge in [-0.05, 0) is 60.9 Å². The van der Waals surface area contributed by atoms with E-state index in [9.17, 15) is 35.9 Å². The molecular formula is C33H29F6N5O2. The maximum Gasteiger partial charge on any atom is 0.433 e. The number of carbonyl (C=O) groups excluding carboxylic acids is 2. The van der Waals surface area contributed by atoms with Crippen LogP contribution in [0.15, 0.2) is 96.3 Å². The van der Waals surface area contributed by atoms with Gasteiger partial charge in [0.05, 0.1) is 22.6 Å². The molecule has 0 saturated carbocycles. The van der Waals surface area contributed by atoms with E-state index < -0.39 is 29.5 Å². The van der Waals surface area contributed by atoms with Crippen molar-refractivity contribution in [2.45, 2.75) is 44.0 Å². The summed E-state index contributed by atoms with van der Waals surface area (Å²) in [7, 11) is 1.55. The maximum absolute atomic E-state index is 13.0. The molecule has 0 aliphatic heterocycles. The molecule has 0 bridgehead atoms. The van der Waals surface area contributed by atoms with Crippen LogP contribution >= 0.6 is 0 Å². The van der Waals surface area contributed by atoms with E-state index >= 15 is 0 Å². The van der Waals surface area contributed by atoms with Crippen LogP contribution in [-0.2, 0) is 17.4 Å². The second-order valence-electron chi connectivity index (χ2n) is 10.8. The molecule has 2 aliphatic rings. The van der Waals surface area contributed by atoms with Gasteiger partial charge in [0, 0.05) is 49.2 Å². The third-order valence-electron chi connectivity index (χ3n) is 7.72. The first-order valence-corrected chi connectivity index (χ1v) is 14.4. The molecule has 7 nitrogen and oxygen atoms in total. The predicted octanol–water partition coefficient (Wildman–Crippen LogP) is 7.25. The van der Waals surface area contributed by atoms with Crippen molar-refractivity contribution in [2.75, 3.05) is 12.4 Å². The normalized spacial score (nSPS) is 18.2. The van der Waals surface area contributed by atoms with Crippen LogP contribution in [-0.4, -0.2) is 39.8 Å². The highest BCUT2D eigenvalue weighted by Crippen LogP contribution is 2.37. The average Bonchev–Trinajstić information content (AvgIpc) is 3.47. The number of pyridine rings is 1. The summed E-state index contributed by atoms with van der Waals surface area (Å²) in [6, 6.07) is 10.4.